The molecule has 1 rings (SSSR count). The summed E-state index contributed by atoms with van der Waals surface area (Å²) in [6.07, 6.45) is 2.45. The fourth-order valence-electron chi connectivity index (χ4n) is 1.33. The van der Waals surface area contributed by atoms with Crippen LogP contribution in [0.15, 0.2) is 18.5 Å². The molecule has 0 saturated heterocycles. The Balaban J connectivity index is 3.01. The quantitative estimate of drug-likeness (QED) is 0.596. The van der Waals surface area contributed by atoms with Crippen LogP contribution in [0.2, 0.25) is 0 Å². The van der Waals surface area contributed by atoms with Crippen molar-refractivity contribution < 1.29 is 14.8 Å². The van der Waals surface area contributed by atoms with Gasteiger partial charge in [0.15, 0.2) is 0 Å². The number of carbonyl (C=O) groups is 1. The zero-order valence-electron chi connectivity index (χ0n) is 9.45. The van der Waals surface area contributed by atoms with Crippen LogP contribution < -0.4 is 5.32 Å². The summed E-state index contributed by atoms with van der Waals surface area (Å²) in [5, 5.41) is 22.4. The molecular formula is C10H13N3O4. The summed E-state index contributed by atoms with van der Waals surface area (Å²) in [6.45, 7) is 3.44. The summed E-state index contributed by atoms with van der Waals surface area (Å²) in [7, 11) is 0. The minimum atomic E-state index is -1.05. The van der Waals surface area contributed by atoms with E-state index in [1.54, 1.807) is 13.8 Å². The smallest absolute Gasteiger partial charge is 0.326 e. The van der Waals surface area contributed by atoms with Crippen LogP contribution in [-0.4, -0.2) is 27.0 Å². The van der Waals surface area contributed by atoms with Crippen LogP contribution in [0.25, 0.3) is 0 Å². The summed E-state index contributed by atoms with van der Waals surface area (Å²) < 4.78 is 0. The van der Waals surface area contributed by atoms with E-state index < -0.39 is 16.9 Å². The first-order chi connectivity index (χ1) is 7.93. The maximum atomic E-state index is 11.0. The molecule has 1 heterocycles. The zero-order chi connectivity index (χ0) is 13.0. The zero-order valence-corrected chi connectivity index (χ0v) is 9.45. The Morgan fingerprint density at radius 1 is 1.59 bits per heavy atom. The Hall–Kier alpha value is -2.18. The molecule has 0 aliphatic rings. The Bertz CT molecular complexity index is 433. The molecule has 0 aromatic carbocycles. The molecule has 0 radical (unpaired) electrons. The van der Waals surface area contributed by atoms with Gasteiger partial charge in [-0.15, -0.1) is 0 Å². The van der Waals surface area contributed by atoms with Gasteiger partial charge in [0.2, 0.25) is 0 Å². The molecule has 0 aliphatic carbocycles. The van der Waals surface area contributed by atoms with E-state index >= 15 is 0 Å². The van der Waals surface area contributed by atoms with Crippen molar-refractivity contribution in [3.8, 4) is 0 Å². The predicted octanol–water partition coefficient (Wildman–Crippen LogP) is 1.51. The highest BCUT2D eigenvalue weighted by molar-refractivity contribution is 5.79. The highest BCUT2D eigenvalue weighted by Crippen LogP contribution is 2.24. The van der Waals surface area contributed by atoms with Gasteiger partial charge in [0.05, 0.1) is 4.92 Å². The van der Waals surface area contributed by atoms with Crippen LogP contribution in [0, 0.1) is 16.0 Å². The van der Waals surface area contributed by atoms with Crippen LogP contribution in [0.5, 0.6) is 0 Å². The van der Waals surface area contributed by atoms with Crippen molar-refractivity contribution in [2.24, 2.45) is 5.92 Å². The fourth-order valence-corrected chi connectivity index (χ4v) is 1.33. The van der Waals surface area contributed by atoms with Gasteiger partial charge in [0.1, 0.15) is 17.9 Å². The maximum Gasteiger partial charge on any atom is 0.326 e. The molecular weight excluding hydrogens is 226 g/mol. The van der Waals surface area contributed by atoms with Gasteiger partial charge in [0.25, 0.3) is 0 Å². The molecule has 0 spiro atoms. The van der Waals surface area contributed by atoms with Crippen molar-refractivity contribution in [2.45, 2.75) is 19.9 Å². The monoisotopic (exact) mass is 239 g/mol. The number of pyridine rings is 1. The second-order valence-corrected chi connectivity index (χ2v) is 3.85. The summed E-state index contributed by atoms with van der Waals surface area (Å²) in [5.41, 5.74) is -0.0782. The van der Waals surface area contributed by atoms with Crippen LogP contribution in [0.1, 0.15) is 13.8 Å². The second-order valence-electron chi connectivity index (χ2n) is 3.85. The minimum absolute atomic E-state index is 0.158. The lowest BCUT2D eigenvalue weighted by atomic mass is 10.0. The maximum absolute atomic E-state index is 11.0. The van der Waals surface area contributed by atoms with Crippen molar-refractivity contribution >= 4 is 17.3 Å². The minimum Gasteiger partial charge on any atom is -0.480 e. The summed E-state index contributed by atoms with van der Waals surface area (Å²) in [5.74, 6) is -1.24. The number of carboxylic acid groups (broad SMARTS) is 1. The number of nitro groups is 1. The Morgan fingerprint density at radius 3 is 2.71 bits per heavy atom. The Kier molecular flexibility index (Phi) is 3.97. The highest BCUT2D eigenvalue weighted by atomic mass is 16.6. The third kappa shape index (κ3) is 3.13. The van der Waals surface area contributed by atoms with Crippen LogP contribution in [0.3, 0.4) is 0 Å². The number of nitrogens with one attached hydrogen (secondary N) is 1. The van der Waals surface area contributed by atoms with Gasteiger partial charge in [-0.3, -0.25) is 15.1 Å². The number of carboxylic acids is 1. The SMILES string of the molecule is CC(C)C(Nc1ccncc1[N+](=O)[O-])C(=O)O. The third-order valence-corrected chi connectivity index (χ3v) is 2.24. The van der Waals surface area contributed by atoms with Crippen molar-refractivity contribution in [1.29, 1.82) is 0 Å². The van der Waals surface area contributed by atoms with Gasteiger partial charge in [-0.2, -0.15) is 0 Å². The molecule has 0 saturated carbocycles. The molecule has 0 fully saturated rings. The van der Waals surface area contributed by atoms with Crippen LogP contribution >= 0.6 is 0 Å². The Labute approximate surface area is 97.6 Å². The van der Waals surface area contributed by atoms with E-state index in [1.165, 1.54) is 12.3 Å². The Morgan fingerprint density at radius 2 is 2.24 bits per heavy atom. The fraction of sp³-hybridized carbons (Fsp3) is 0.400. The van der Waals surface area contributed by atoms with Gasteiger partial charge in [0, 0.05) is 6.20 Å². The first-order valence-corrected chi connectivity index (χ1v) is 5.01. The lowest BCUT2D eigenvalue weighted by Gasteiger charge is -2.18. The van der Waals surface area contributed by atoms with E-state index in [9.17, 15) is 14.9 Å². The van der Waals surface area contributed by atoms with Crippen molar-refractivity contribution in [3.05, 3.63) is 28.6 Å². The number of nitrogens with zero attached hydrogens (tertiary/aromatic N) is 2. The van der Waals surface area contributed by atoms with E-state index in [-0.39, 0.29) is 17.3 Å². The summed E-state index contributed by atoms with van der Waals surface area (Å²) >= 11 is 0. The molecule has 17 heavy (non-hydrogen) atoms. The molecule has 1 atom stereocenters. The first-order valence-electron chi connectivity index (χ1n) is 5.01. The average Bonchev–Trinajstić information content (AvgIpc) is 2.25. The molecule has 2 N–H and O–H groups in total. The molecule has 1 unspecified atom stereocenters. The number of aliphatic carboxylic acids is 1. The van der Waals surface area contributed by atoms with Gasteiger partial charge >= 0.3 is 11.7 Å². The van der Waals surface area contributed by atoms with Crippen molar-refractivity contribution in [3.63, 3.8) is 0 Å². The standard InChI is InChI=1S/C10H13N3O4/c1-6(2)9(10(14)15)12-7-3-4-11-5-8(7)13(16)17/h3-6,9H,1-2H3,(H,11,12)(H,14,15). The summed E-state index contributed by atoms with van der Waals surface area (Å²) in [6, 6.07) is 0.507. The van der Waals surface area contributed by atoms with Gasteiger partial charge in [-0.25, -0.2) is 4.79 Å². The molecule has 1 aromatic rings. The van der Waals surface area contributed by atoms with E-state index in [4.69, 9.17) is 5.11 Å². The van der Waals surface area contributed by atoms with E-state index in [0.717, 1.165) is 6.20 Å². The molecule has 0 amide bonds. The third-order valence-electron chi connectivity index (χ3n) is 2.24. The van der Waals surface area contributed by atoms with E-state index in [0.29, 0.717) is 0 Å². The topological polar surface area (TPSA) is 105 Å². The molecule has 92 valence electrons. The number of rotatable bonds is 5. The number of hydrogen-bond donors (Lipinski definition) is 2. The number of anilines is 1. The van der Waals surface area contributed by atoms with Gasteiger partial charge < -0.3 is 10.4 Å². The van der Waals surface area contributed by atoms with E-state index in [1.807, 2.05) is 0 Å². The average molecular weight is 239 g/mol. The molecule has 0 aliphatic heterocycles. The van der Waals surface area contributed by atoms with Crippen molar-refractivity contribution in [2.75, 3.05) is 5.32 Å². The molecule has 1 aromatic heterocycles. The second kappa shape index (κ2) is 5.24. The number of aromatic nitrogens is 1. The van der Waals surface area contributed by atoms with Gasteiger partial charge in [-0.05, 0) is 12.0 Å². The van der Waals surface area contributed by atoms with Crippen molar-refractivity contribution in [1.82, 2.24) is 4.98 Å². The predicted molar refractivity (Wildman–Crippen MR) is 60.8 cm³/mol. The highest BCUT2D eigenvalue weighted by Gasteiger charge is 2.24. The first kappa shape index (κ1) is 12.9. The lowest BCUT2D eigenvalue weighted by molar-refractivity contribution is -0.384. The number of hydrogen-bond acceptors (Lipinski definition) is 5. The normalized spacial score (nSPS) is 12.2. The molecule has 7 heteroatoms. The molecule has 0 bridgehead atoms. The largest absolute Gasteiger partial charge is 0.480 e. The van der Waals surface area contributed by atoms with Crippen LogP contribution in [-0.2, 0) is 4.79 Å². The molecule has 7 nitrogen and oxygen atoms in total. The summed E-state index contributed by atoms with van der Waals surface area (Å²) in [4.78, 5) is 24.7. The van der Waals surface area contributed by atoms with E-state index in [2.05, 4.69) is 10.3 Å². The van der Waals surface area contributed by atoms with Gasteiger partial charge in [-0.1, -0.05) is 13.8 Å². The van der Waals surface area contributed by atoms with Crippen LogP contribution in [0.4, 0.5) is 11.4 Å². The lowest BCUT2D eigenvalue weighted by Crippen LogP contribution is -2.34.